The van der Waals surface area contributed by atoms with Crippen LogP contribution in [-0.4, -0.2) is 10.1 Å². The normalized spacial score (nSPS) is 12.7. The number of benzene rings is 3. The fraction of sp³-hybridized carbons (Fsp3) is 0.0714. The molecule has 0 fully saturated rings. The lowest BCUT2D eigenvalue weighted by Gasteiger charge is -2.06. The summed E-state index contributed by atoms with van der Waals surface area (Å²) in [6.07, 6.45) is 10.9. The molecular weight excluding hydrogens is 402 g/mol. The molecule has 31 heavy (non-hydrogen) atoms. The summed E-state index contributed by atoms with van der Waals surface area (Å²) in [7, 11) is 0. The van der Waals surface area contributed by atoms with Crippen LogP contribution in [0.15, 0.2) is 97.2 Å². The minimum absolute atomic E-state index is 0.238. The number of hydrogen-bond acceptors (Lipinski definition) is 1. The highest BCUT2D eigenvalue weighted by molar-refractivity contribution is 6.30. The van der Waals surface area contributed by atoms with E-state index in [1.807, 2.05) is 79.9 Å². The quantitative estimate of drug-likeness (QED) is 0.237. The van der Waals surface area contributed by atoms with E-state index in [-0.39, 0.29) is 5.76 Å². The van der Waals surface area contributed by atoms with E-state index < -0.39 is 0 Å². The lowest BCUT2D eigenvalue weighted by molar-refractivity contribution is 0.512. The minimum atomic E-state index is 0.238. The average Bonchev–Trinajstić information content (AvgIpc) is 3.20. The van der Waals surface area contributed by atoms with Crippen molar-refractivity contribution in [1.82, 2.24) is 4.98 Å². The number of hydrogen-bond donors (Lipinski definition) is 2. The van der Waals surface area contributed by atoms with Crippen molar-refractivity contribution in [3.05, 3.63) is 124 Å². The van der Waals surface area contributed by atoms with Gasteiger partial charge in [-0.25, -0.2) is 0 Å². The molecule has 0 bridgehead atoms. The second kappa shape index (κ2) is 9.55. The summed E-state index contributed by atoms with van der Waals surface area (Å²) in [6, 6.07) is 23.8. The van der Waals surface area contributed by atoms with Crippen molar-refractivity contribution in [2.24, 2.45) is 0 Å². The van der Waals surface area contributed by atoms with Crippen LogP contribution in [0.25, 0.3) is 28.3 Å². The first kappa shape index (κ1) is 20.8. The number of allylic oxidation sites excluding steroid dienone is 4. The number of aromatic nitrogens is 1. The van der Waals surface area contributed by atoms with Gasteiger partial charge < -0.3 is 10.1 Å². The molecule has 0 spiro atoms. The van der Waals surface area contributed by atoms with E-state index in [1.165, 1.54) is 5.39 Å². The van der Waals surface area contributed by atoms with Gasteiger partial charge >= 0.3 is 0 Å². The zero-order chi connectivity index (χ0) is 21.6. The van der Waals surface area contributed by atoms with Gasteiger partial charge in [0.15, 0.2) is 0 Å². The van der Waals surface area contributed by atoms with Crippen molar-refractivity contribution in [3.63, 3.8) is 0 Å². The predicted octanol–water partition coefficient (Wildman–Crippen LogP) is 8.22. The molecule has 0 unspecified atom stereocenters. The number of fused-ring (bicyclic) bond motifs is 1. The summed E-state index contributed by atoms with van der Waals surface area (Å²) in [5.41, 5.74) is 6.19. The van der Waals surface area contributed by atoms with Crippen molar-refractivity contribution in [1.29, 1.82) is 0 Å². The molecule has 0 radical (unpaired) electrons. The summed E-state index contributed by atoms with van der Waals surface area (Å²) in [6.45, 7) is 2.03. The van der Waals surface area contributed by atoms with E-state index >= 15 is 0 Å². The summed E-state index contributed by atoms with van der Waals surface area (Å²) in [5, 5.41) is 12.6. The zero-order valence-electron chi connectivity index (χ0n) is 17.3. The van der Waals surface area contributed by atoms with Gasteiger partial charge in [0.1, 0.15) is 5.76 Å². The van der Waals surface area contributed by atoms with Gasteiger partial charge in [0.05, 0.1) is 0 Å². The van der Waals surface area contributed by atoms with E-state index in [0.29, 0.717) is 5.02 Å². The molecule has 0 aliphatic carbocycles. The van der Waals surface area contributed by atoms with Crippen molar-refractivity contribution in [2.75, 3.05) is 0 Å². The Kier molecular flexibility index (Phi) is 6.40. The van der Waals surface area contributed by atoms with Crippen LogP contribution in [0.1, 0.15) is 28.7 Å². The van der Waals surface area contributed by atoms with Gasteiger partial charge in [-0.2, -0.15) is 0 Å². The van der Waals surface area contributed by atoms with Gasteiger partial charge in [-0.3, -0.25) is 0 Å². The number of aliphatic hydroxyl groups excluding tert-OH is 1. The Morgan fingerprint density at radius 1 is 0.935 bits per heavy atom. The zero-order valence-corrected chi connectivity index (χ0v) is 18.1. The number of halogens is 1. The van der Waals surface area contributed by atoms with E-state index in [4.69, 9.17) is 11.6 Å². The SMILES string of the molecule is Cc1ccc(/C(O)=C/C(=C\C/C=C/c2c[nH]c3ccccc23)c2ccc(Cl)cc2)cc1. The Balaban J connectivity index is 1.60. The second-order valence-corrected chi connectivity index (χ2v) is 7.93. The van der Waals surface area contributed by atoms with Crippen LogP contribution in [0.2, 0.25) is 5.02 Å². The fourth-order valence-corrected chi connectivity index (χ4v) is 3.61. The Morgan fingerprint density at radius 3 is 2.42 bits per heavy atom. The molecule has 0 atom stereocenters. The Morgan fingerprint density at radius 2 is 1.65 bits per heavy atom. The van der Waals surface area contributed by atoms with Crippen LogP contribution in [-0.2, 0) is 0 Å². The van der Waals surface area contributed by atoms with Gasteiger partial charge in [0.2, 0.25) is 0 Å². The Labute approximate surface area is 187 Å². The van der Waals surface area contributed by atoms with E-state index in [2.05, 4.69) is 35.3 Å². The van der Waals surface area contributed by atoms with Crippen molar-refractivity contribution in [2.45, 2.75) is 13.3 Å². The van der Waals surface area contributed by atoms with Crippen molar-refractivity contribution < 1.29 is 5.11 Å². The van der Waals surface area contributed by atoms with E-state index in [9.17, 15) is 5.11 Å². The smallest absolute Gasteiger partial charge is 0.123 e. The first-order valence-corrected chi connectivity index (χ1v) is 10.6. The maximum atomic E-state index is 10.7. The third-order valence-corrected chi connectivity index (χ3v) is 5.46. The molecule has 0 saturated heterocycles. The topological polar surface area (TPSA) is 36.0 Å². The molecule has 0 aliphatic heterocycles. The molecule has 0 aliphatic rings. The van der Waals surface area contributed by atoms with Crippen LogP contribution in [0, 0.1) is 6.92 Å². The highest BCUT2D eigenvalue weighted by atomic mass is 35.5. The highest BCUT2D eigenvalue weighted by Crippen LogP contribution is 2.24. The first-order valence-electron chi connectivity index (χ1n) is 10.3. The fourth-order valence-electron chi connectivity index (χ4n) is 3.48. The molecule has 4 rings (SSSR count). The molecular formula is C28H24ClNO. The summed E-state index contributed by atoms with van der Waals surface area (Å²) in [4.78, 5) is 3.30. The number of nitrogens with one attached hydrogen (secondary N) is 1. The second-order valence-electron chi connectivity index (χ2n) is 7.49. The molecule has 3 aromatic carbocycles. The monoisotopic (exact) mass is 425 g/mol. The number of aromatic amines is 1. The standard InChI is InChI=1S/C28H24ClNO/c1-20-10-12-22(13-11-20)28(31)18-23(21-14-16-25(29)17-15-21)6-2-3-7-24-19-30-27-9-5-4-8-26(24)27/h3-19,30-31H,2H2,1H3/b7-3+,23-6+,28-18-. The third-order valence-electron chi connectivity index (χ3n) is 5.21. The van der Waals surface area contributed by atoms with Gasteiger partial charge in [-0.15, -0.1) is 0 Å². The third kappa shape index (κ3) is 5.17. The molecule has 154 valence electrons. The molecule has 1 aromatic heterocycles. The number of aryl methyl sites for hydroxylation is 1. The Hall–Kier alpha value is -3.49. The van der Waals surface area contributed by atoms with Crippen molar-refractivity contribution >= 4 is 39.9 Å². The van der Waals surface area contributed by atoms with Crippen molar-refractivity contribution in [3.8, 4) is 0 Å². The summed E-state index contributed by atoms with van der Waals surface area (Å²) in [5.74, 6) is 0.238. The number of aliphatic hydroxyl groups is 1. The maximum absolute atomic E-state index is 10.7. The maximum Gasteiger partial charge on any atom is 0.123 e. The molecule has 4 aromatic rings. The molecule has 2 N–H and O–H groups in total. The number of rotatable bonds is 6. The average molecular weight is 426 g/mol. The van der Waals surface area contributed by atoms with E-state index in [1.54, 1.807) is 0 Å². The van der Waals surface area contributed by atoms with E-state index in [0.717, 1.165) is 39.8 Å². The molecule has 1 heterocycles. The molecule has 0 saturated carbocycles. The largest absolute Gasteiger partial charge is 0.507 e. The lowest BCUT2D eigenvalue weighted by Crippen LogP contribution is -1.87. The molecule has 0 amide bonds. The van der Waals surface area contributed by atoms with Gasteiger partial charge in [-0.05, 0) is 54.3 Å². The molecule has 3 heteroatoms. The summed E-state index contributed by atoms with van der Waals surface area (Å²) < 4.78 is 0. The van der Waals surface area contributed by atoms with Gasteiger partial charge in [0.25, 0.3) is 0 Å². The number of H-pyrrole nitrogens is 1. The first-order chi connectivity index (χ1) is 15.1. The summed E-state index contributed by atoms with van der Waals surface area (Å²) >= 11 is 6.07. The van der Waals surface area contributed by atoms with Crippen LogP contribution in [0.5, 0.6) is 0 Å². The van der Waals surface area contributed by atoms with Crippen LogP contribution in [0.3, 0.4) is 0 Å². The molecule has 2 nitrogen and oxygen atoms in total. The predicted molar refractivity (Wildman–Crippen MR) is 133 cm³/mol. The Bertz CT molecular complexity index is 1260. The van der Waals surface area contributed by atoms with Crippen LogP contribution >= 0.6 is 11.6 Å². The van der Waals surface area contributed by atoms with Gasteiger partial charge in [0, 0.05) is 27.7 Å². The number of para-hydroxylation sites is 1. The van der Waals surface area contributed by atoms with Crippen LogP contribution < -0.4 is 0 Å². The lowest BCUT2D eigenvalue weighted by atomic mass is 10.0. The highest BCUT2D eigenvalue weighted by Gasteiger charge is 2.04. The minimum Gasteiger partial charge on any atom is -0.507 e. The van der Waals surface area contributed by atoms with Crippen LogP contribution in [0.4, 0.5) is 0 Å². The van der Waals surface area contributed by atoms with Gasteiger partial charge in [-0.1, -0.05) is 90.0 Å².